The standard InChI is InChI=1S/C19H26N4O2/c1-22(19(24)25)18-15-5-6-16(18)13-23(12-15)10-2-9-21-17-7-3-14(11-20)4-8-17/h3-4,7-8,15-16,18,21H,2,5-6,9-10,12-13H2,1H3,(H,24,25). The van der Waals surface area contributed by atoms with Gasteiger partial charge in [0.05, 0.1) is 11.6 Å². The Morgan fingerprint density at radius 2 is 1.96 bits per heavy atom. The maximum atomic E-state index is 11.3. The molecule has 2 N–H and O–H groups in total. The van der Waals surface area contributed by atoms with Crippen molar-refractivity contribution in [2.75, 3.05) is 38.5 Å². The highest BCUT2D eigenvalue weighted by atomic mass is 16.4. The molecule has 6 heteroatoms. The molecular formula is C19H26N4O2. The van der Waals surface area contributed by atoms with Gasteiger partial charge in [-0.05, 0) is 61.9 Å². The molecule has 1 aromatic carbocycles. The minimum Gasteiger partial charge on any atom is -0.465 e. The van der Waals surface area contributed by atoms with Gasteiger partial charge in [-0.3, -0.25) is 0 Å². The maximum absolute atomic E-state index is 11.3. The lowest BCUT2D eigenvalue weighted by molar-refractivity contribution is 0.0593. The van der Waals surface area contributed by atoms with Gasteiger partial charge in [-0.15, -0.1) is 0 Å². The molecule has 1 aliphatic carbocycles. The molecule has 1 aliphatic heterocycles. The molecule has 1 heterocycles. The van der Waals surface area contributed by atoms with E-state index in [1.807, 2.05) is 24.3 Å². The highest BCUT2D eigenvalue weighted by molar-refractivity contribution is 5.65. The van der Waals surface area contributed by atoms with Crippen LogP contribution in [0.5, 0.6) is 0 Å². The Morgan fingerprint density at radius 3 is 2.52 bits per heavy atom. The van der Waals surface area contributed by atoms with Crippen molar-refractivity contribution in [1.29, 1.82) is 5.26 Å². The molecule has 2 unspecified atom stereocenters. The third-order valence-electron chi connectivity index (χ3n) is 5.60. The van der Waals surface area contributed by atoms with E-state index in [4.69, 9.17) is 5.26 Å². The number of piperidine rings is 1. The minimum atomic E-state index is -0.804. The van der Waals surface area contributed by atoms with E-state index in [-0.39, 0.29) is 6.04 Å². The Kier molecular flexibility index (Phi) is 5.44. The van der Waals surface area contributed by atoms with E-state index in [1.54, 1.807) is 7.05 Å². The first kappa shape index (κ1) is 17.6. The number of benzene rings is 1. The number of hydrogen-bond donors (Lipinski definition) is 2. The molecule has 2 atom stereocenters. The fourth-order valence-corrected chi connectivity index (χ4v) is 4.43. The van der Waals surface area contributed by atoms with Crippen molar-refractivity contribution < 1.29 is 9.90 Å². The minimum absolute atomic E-state index is 0.200. The highest BCUT2D eigenvalue weighted by Crippen LogP contribution is 2.39. The second kappa shape index (κ2) is 7.75. The van der Waals surface area contributed by atoms with Gasteiger partial charge >= 0.3 is 6.09 Å². The molecule has 25 heavy (non-hydrogen) atoms. The Labute approximate surface area is 149 Å². The number of fused-ring (bicyclic) bond motifs is 2. The Bertz CT molecular complexity index is 626. The molecule has 2 bridgehead atoms. The lowest BCUT2D eigenvalue weighted by Gasteiger charge is -2.41. The van der Waals surface area contributed by atoms with Gasteiger partial charge in [0.25, 0.3) is 0 Å². The Balaban J connectivity index is 1.42. The van der Waals surface area contributed by atoms with Crippen molar-refractivity contribution in [3.63, 3.8) is 0 Å². The van der Waals surface area contributed by atoms with Crippen molar-refractivity contribution >= 4 is 11.8 Å². The molecule has 134 valence electrons. The lowest BCUT2D eigenvalue weighted by atomic mass is 9.91. The van der Waals surface area contributed by atoms with Gasteiger partial charge in [0, 0.05) is 38.4 Å². The van der Waals surface area contributed by atoms with Gasteiger partial charge in [0.2, 0.25) is 0 Å². The molecule has 0 aromatic heterocycles. The van der Waals surface area contributed by atoms with Crippen LogP contribution < -0.4 is 5.32 Å². The fraction of sp³-hybridized carbons (Fsp3) is 0.579. The normalized spacial score (nSPS) is 25.4. The summed E-state index contributed by atoms with van der Waals surface area (Å²) in [5.74, 6) is 0.956. The van der Waals surface area contributed by atoms with Crippen molar-refractivity contribution in [3.05, 3.63) is 29.8 Å². The van der Waals surface area contributed by atoms with Gasteiger partial charge in [0.15, 0.2) is 0 Å². The number of nitrogens with one attached hydrogen (secondary N) is 1. The molecule has 3 rings (SSSR count). The predicted octanol–water partition coefficient (Wildman–Crippen LogP) is 2.68. The molecule has 6 nitrogen and oxygen atoms in total. The number of nitriles is 1. The van der Waals surface area contributed by atoms with E-state index < -0.39 is 6.09 Å². The number of rotatable bonds is 6. The number of nitrogens with zero attached hydrogens (tertiary/aromatic N) is 3. The van der Waals surface area contributed by atoms with Crippen LogP contribution in [-0.4, -0.2) is 60.3 Å². The maximum Gasteiger partial charge on any atom is 0.407 e. The molecule has 0 spiro atoms. The number of carbonyl (C=O) groups is 1. The largest absolute Gasteiger partial charge is 0.465 e. The second-order valence-corrected chi connectivity index (χ2v) is 7.21. The SMILES string of the molecule is CN(C(=O)O)C1C2CCC1CN(CCCNc1ccc(C#N)cc1)C2. The molecule has 2 fully saturated rings. The number of anilines is 1. The molecule has 1 saturated heterocycles. The summed E-state index contributed by atoms with van der Waals surface area (Å²) in [7, 11) is 1.72. The van der Waals surface area contributed by atoms with E-state index in [0.717, 1.165) is 51.1 Å². The molecular weight excluding hydrogens is 316 g/mol. The van der Waals surface area contributed by atoms with Crippen LogP contribution in [0.25, 0.3) is 0 Å². The second-order valence-electron chi connectivity index (χ2n) is 7.21. The van der Waals surface area contributed by atoms with Crippen LogP contribution in [0.3, 0.4) is 0 Å². The number of amides is 1. The molecule has 0 radical (unpaired) electrons. The molecule has 1 amide bonds. The van der Waals surface area contributed by atoms with Crippen LogP contribution in [0.4, 0.5) is 10.5 Å². The third kappa shape index (κ3) is 4.05. The summed E-state index contributed by atoms with van der Waals surface area (Å²) in [5, 5.41) is 21.5. The van der Waals surface area contributed by atoms with Gasteiger partial charge < -0.3 is 20.2 Å². The van der Waals surface area contributed by atoms with E-state index in [0.29, 0.717) is 17.4 Å². The van der Waals surface area contributed by atoms with E-state index in [2.05, 4.69) is 16.3 Å². The third-order valence-corrected chi connectivity index (χ3v) is 5.60. The number of likely N-dealkylation sites (tertiary alicyclic amines) is 1. The fourth-order valence-electron chi connectivity index (χ4n) is 4.43. The zero-order valence-electron chi connectivity index (χ0n) is 14.7. The van der Waals surface area contributed by atoms with Crippen LogP contribution in [0.15, 0.2) is 24.3 Å². The van der Waals surface area contributed by atoms with E-state index in [9.17, 15) is 9.90 Å². The summed E-state index contributed by atoms with van der Waals surface area (Å²) in [6.07, 6.45) is 2.54. The Hall–Kier alpha value is -2.26. The number of carboxylic acid groups (broad SMARTS) is 1. The average molecular weight is 342 g/mol. The summed E-state index contributed by atoms with van der Waals surface area (Å²) in [6, 6.07) is 9.84. The van der Waals surface area contributed by atoms with Crippen LogP contribution in [0.2, 0.25) is 0 Å². The first-order chi connectivity index (χ1) is 12.1. The van der Waals surface area contributed by atoms with Crippen LogP contribution in [0.1, 0.15) is 24.8 Å². The lowest BCUT2D eigenvalue weighted by Crippen LogP contribution is -2.53. The van der Waals surface area contributed by atoms with Crippen molar-refractivity contribution in [2.45, 2.75) is 25.3 Å². The van der Waals surface area contributed by atoms with E-state index in [1.165, 1.54) is 4.90 Å². The summed E-state index contributed by atoms with van der Waals surface area (Å²) in [6.45, 7) is 3.96. The number of hydrogen-bond acceptors (Lipinski definition) is 4. The summed E-state index contributed by atoms with van der Waals surface area (Å²) >= 11 is 0. The van der Waals surface area contributed by atoms with Crippen LogP contribution >= 0.6 is 0 Å². The first-order valence-corrected chi connectivity index (χ1v) is 9.00. The zero-order valence-corrected chi connectivity index (χ0v) is 14.7. The van der Waals surface area contributed by atoms with Gasteiger partial charge in [-0.2, -0.15) is 5.26 Å². The molecule has 1 aromatic rings. The van der Waals surface area contributed by atoms with Crippen LogP contribution in [0, 0.1) is 23.2 Å². The summed E-state index contributed by atoms with van der Waals surface area (Å²) in [5.41, 5.74) is 1.72. The van der Waals surface area contributed by atoms with E-state index >= 15 is 0 Å². The zero-order chi connectivity index (χ0) is 17.8. The predicted molar refractivity (Wildman–Crippen MR) is 96.5 cm³/mol. The van der Waals surface area contributed by atoms with Crippen molar-refractivity contribution in [1.82, 2.24) is 9.80 Å². The monoisotopic (exact) mass is 342 g/mol. The quantitative estimate of drug-likeness (QED) is 0.777. The first-order valence-electron chi connectivity index (χ1n) is 9.00. The van der Waals surface area contributed by atoms with Gasteiger partial charge in [0.1, 0.15) is 0 Å². The summed E-state index contributed by atoms with van der Waals surface area (Å²) in [4.78, 5) is 15.3. The Morgan fingerprint density at radius 1 is 1.32 bits per heavy atom. The average Bonchev–Trinajstić information content (AvgIpc) is 2.88. The van der Waals surface area contributed by atoms with Crippen molar-refractivity contribution in [2.24, 2.45) is 11.8 Å². The highest BCUT2D eigenvalue weighted by Gasteiger charge is 2.44. The smallest absolute Gasteiger partial charge is 0.407 e. The molecule has 1 saturated carbocycles. The topological polar surface area (TPSA) is 79.6 Å². The van der Waals surface area contributed by atoms with Gasteiger partial charge in [-0.25, -0.2) is 4.79 Å². The summed E-state index contributed by atoms with van der Waals surface area (Å²) < 4.78 is 0. The van der Waals surface area contributed by atoms with Crippen LogP contribution in [-0.2, 0) is 0 Å². The van der Waals surface area contributed by atoms with Gasteiger partial charge in [-0.1, -0.05) is 0 Å². The van der Waals surface area contributed by atoms with Crippen molar-refractivity contribution in [3.8, 4) is 6.07 Å². The molecule has 2 aliphatic rings.